The fourth-order valence-corrected chi connectivity index (χ4v) is 2.65. The first-order valence-corrected chi connectivity index (χ1v) is 6.99. The van der Waals surface area contributed by atoms with Crippen LogP contribution in [0.25, 0.3) is 0 Å². The number of carbonyl (C=O) groups is 1. The molecule has 3 N–H and O–H groups in total. The van der Waals surface area contributed by atoms with Crippen molar-refractivity contribution in [3.63, 3.8) is 0 Å². The largest absolute Gasteiger partial charge is 0.394 e. The third kappa shape index (κ3) is 3.04. The van der Waals surface area contributed by atoms with Crippen LogP contribution in [0.5, 0.6) is 0 Å². The molecule has 18 heavy (non-hydrogen) atoms. The number of hydrogen-bond donors (Lipinski definition) is 2. The monoisotopic (exact) mass is 256 g/mol. The van der Waals surface area contributed by atoms with Gasteiger partial charge in [0.15, 0.2) is 0 Å². The molecular weight excluding hydrogens is 228 g/mol. The van der Waals surface area contributed by atoms with Crippen LogP contribution in [0.3, 0.4) is 0 Å². The summed E-state index contributed by atoms with van der Waals surface area (Å²) in [5, 5.41) is 9.40. The molecule has 0 aromatic carbocycles. The summed E-state index contributed by atoms with van der Waals surface area (Å²) in [6.07, 6.45) is 6.32. The van der Waals surface area contributed by atoms with Gasteiger partial charge in [-0.25, -0.2) is 0 Å². The highest BCUT2D eigenvalue weighted by Gasteiger charge is 2.42. The first-order chi connectivity index (χ1) is 8.39. The average Bonchev–Trinajstić information content (AvgIpc) is 2.63. The number of rotatable bonds is 4. The Labute approximate surface area is 111 Å². The molecule has 1 amide bonds. The molecule has 106 valence electrons. The van der Waals surface area contributed by atoms with Crippen molar-refractivity contribution in [1.29, 1.82) is 0 Å². The molecule has 0 radical (unpaired) electrons. The van der Waals surface area contributed by atoms with E-state index in [1.165, 1.54) is 12.8 Å². The molecule has 0 heterocycles. The molecule has 0 spiro atoms. The molecule has 0 unspecified atom stereocenters. The molecule has 1 aliphatic rings. The van der Waals surface area contributed by atoms with Crippen molar-refractivity contribution in [3.05, 3.63) is 0 Å². The van der Waals surface area contributed by atoms with Gasteiger partial charge in [-0.1, -0.05) is 25.7 Å². The summed E-state index contributed by atoms with van der Waals surface area (Å²) in [5.41, 5.74) is 4.99. The van der Waals surface area contributed by atoms with E-state index in [1.807, 2.05) is 13.8 Å². The number of hydrogen-bond acceptors (Lipinski definition) is 3. The van der Waals surface area contributed by atoms with Crippen LogP contribution in [-0.4, -0.2) is 41.7 Å². The Kier molecular flexibility index (Phi) is 5.17. The second kappa shape index (κ2) is 6.02. The van der Waals surface area contributed by atoms with E-state index in [4.69, 9.17) is 5.73 Å². The van der Waals surface area contributed by atoms with Crippen molar-refractivity contribution in [2.24, 2.45) is 11.1 Å². The Morgan fingerprint density at radius 2 is 1.78 bits per heavy atom. The Bertz CT molecular complexity index is 282. The van der Waals surface area contributed by atoms with Crippen molar-refractivity contribution < 1.29 is 9.90 Å². The highest BCUT2D eigenvalue weighted by Crippen LogP contribution is 2.37. The smallest absolute Gasteiger partial charge is 0.230 e. The molecule has 1 rings (SSSR count). The zero-order valence-electron chi connectivity index (χ0n) is 12.0. The van der Waals surface area contributed by atoms with Crippen LogP contribution in [0.1, 0.15) is 52.4 Å². The van der Waals surface area contributed by atoms with Gasteiger partial charge >= 0.3 is 0 Å². The van der Waals surface area contributed by atoms with Gasteiger partial charge in [-0.05, 0) is 26.7 Å². The Morgan fingerprint density at radius 1 is 1.28 bits per heavy atom. The lowest BCUT2D eigenvalue weighted by Crippen LogP contribution is -2.55. The van der Waals surface area contributed by atoms with E-state index < -0.39 is 11.0 Å². The van der Waals surface area contributed by atoms with E-state index in [0.717, 1.165) is 25.7 Å². The second-order valence-corrected chi connectivity index (χ2v) is 6.23. The third-order valence-corrected chi connectivity index (χ3v) is 4.50. The van der Waals surface area contributed by atoms with Crippen molar-refractivity contribution in [1.82, 2.24) is 4.90 Å². The van der Waals surface area contributed by atoms with Crippen molar-refractivity contribution in [2.45, 2.75) is 57.9 Å². The zero-order chi connectivity index (χ0) is 13.8. The first kappa shape index (κ1) is 15.4. The molecule has 0 saturated heterocycles. The predicted octanol–water partition coefficient (Wildman–Crippen LogP) is 1.51. The van der Waals surface area contributed by atoms with Gasteiger partial charge in [-0.2, -0.15) is 0 Å². The number of likely N-dealkylation sites (N-methyl/N-ethyl adjacent to an activating group) is 1. The Hall–Kier alpha value is -0.610. The Balaban J connectivity index is 2.90. The van der Waals surface area contributed by atoms with Gasteiger partial charge in [0.05, 0.1) is 17.6 Å². The normalized spacial score (nSPS) is 20.3. The molecule has 4 nitrogen and oxygen atoms in total. The highest BCUT2D eigenvalue weighted by molar-refractivity contribution is 5.83. The highest BCUT2D eigenvalue weighted by atomic mass is 16.3. The van der Waals surface area contributed by atoms with E-state index in [1.54, 1.807) is 11.9 Å². The predicted molar refractivity (Wildman–Crippen MR) is 73.1 cm³/mol. The lowest BCUT2D eigenvalue weighted by molar-refractivity contribution is -0.147. The van der Waals surface area contributed by atoms with E-state index in [9.17, 15) is 9.90 Å². The summed E-state index contributed by atoms with van der Waals surface area (Å²) in [7, 11) is 1.78. The summed E-state index contributed by atoms with van der Waals surface area (Å²) in [6.45, 7) is 4.14. The molecular formula is C14H28N2O2. The molecule has 0 bridgehead atoms. The summed E-state index contributed by atoms with van der Waals surface area (Å²) >= 11 is 0. The maximum Gasteiger partial charge on any atom is 0.230 e. The van der Waals surface area contributed by atoms with Crippen molar-refractivity contribution in [3.8, 4) is 0 Å². The van der Waals surface area contributed by atoms with Gasteiger partial charge in [-0.15, -0.1) is 0 Å². The standard InChI is InChI=1S/C14H28N2O2/c1-13(2,11-17)16(3)12(18)14(10-15)8-6-4-5-7-9-14/h17H,4-11,15H2,1-3H3. The lowest BCUT2D eigenvalue weighted by Gasteiger charge is -2.41. The fraction of sp³-hybridized carbons (Fsp3) is 0.929. The van der Waals surface area contributed by atoms with Crippen LogP contribution in [0.15, 0.2) is 0 Å². The molecule has 0 aromatic rings. The van der Waals surface area contributed by atoms with E-state index in [0.29, 0.717) is 6.54 Å². The van der Waals surface area contributed by atoms with Gasteiger partial charge in [0.2, 0.25) is 5.91 Å². The number of carbonyl (C=O) groups excluding carboxylic acids is 1. The van der Waals surface area contributed by atoms with E-state index in [-0.39, 0.29) is 12.5 Å². The van der Waals surface area contributed by atoms with Crippen LogP contribution in [-0.2, 0) is 4.79 Å². The summed E-state index contributed by atoms with van der Waals surface area (Å²) < 4.78 is 0. The summed E-state index contributed by atoms with van der Waals surface area (Å²) in [5.74, 6) is 0.103. The van der Waals surface area contributed by atoms with Crippen LogP contribution in [0, 0.1) is 5.41 Å². The second-order valence-electron chi connectivity index (χ2n) is 6.23. The maximum atomic E-state index is 12.7. The molecule has 0 atom stereocenters. The number of aliphatic hydroxyl groups excluding tert-OH is 1. The minimum absolute atomic E-state index is 0.0319. The lowest BCUT2D eigenvalue weighted by atomic mass is 9.78. The average molecular weight is 256 g/mol. The van der Waals surface area contributed by atoms with Crippen LogP contribution < -0.4 is 5.73 Å². The summed E-state index contributed by atoms with van der Waals surface area (Å²) in [4.78, 5) is 14.4. The molecule has 1 aliphatic carbocycles. The van der Waals surface area contributed by atoms with Gasteiger partial charge in [-0.3, -0.25) is 4.79 Å². The van der Waals surface area contributed by atoms with Gasteiger partial charge in [0.1, 0.15) is 0 Å². The minimum atomic E-state index is -0.522. The van der Waals surface area contributed by atoms with Crippen molar-refractivity contribution in [2.75, 3.05) is 20.2 Å². The van der Waals surface area contributed by atoms with Gasteiger partial charge in [0.25, 0.3) is 0 Å². The SMILES string of the molecule is CN(C(=O)C1(CN)CCCCCC1)C(C)(C)CO. The minimum Gasteiger partial charge on any atom is -0.394 e. The molecule has 1 fully saturated rings. The Morgan fingerprint density at radius 3 is 2.17 bits per heavy atom. The third-order valence-electron chi connectivity index (χ3n) is 4.50. The van der Waals surface area contributed by atoms with E-state index >= 15 is 0 Å². The van der Waals surface area contributed by atoms with Gasteiger partial charge in [0, 0.05) is 13.6 Å². The quantitative estimate of drug-likeness (QED) is 0.749. The van der Waals surface area contributed by atoms with Gasteiger partial charge < -0.3 is 15.7 Å². The molecule has 1 saturated carbocycles. The first-order valence-electron chi connectivity index (χ1n) is 6.99. The molecule has 0 aliphatic heterocycles. The number of aliphatic hydroxyl groups is 1. The maximum absolute atomic E-state index is 12.7. The van der Waals surface area contributed by atoms with E-state index in [2.05, 4.69) is 0 Å². The summed E-state index contributed by atoms with van der Waals surface area (Å²) in [6, 6.07) is 0. The van der Waals surface area contributed by atoms with Crippen LogP contribution >= 0.6 is 0 Å². The molecule has 0 aromatic heterocycles. The van der Waals surface area contributed by atoms with Crippen LogP contribution in [0.4, 0.5) is 0 Å². The topological polar surface area (TPSA) is 66.6 Å². The number of nitrogens with two attached hydrogens (primary N) is 1. The molecule has 4 heteroatoms. The number of amides is 1. The fourth-order valence-electron chi connectivity index (χ4n) is 2.65. The van der Waals surface area contributed by atoms with Crippen LogP contribution in [0.2, 0.25) is 0 Å². The van der Waals surface area contributed by atoms with Crippen molar-refractivity contribution >= 4 is 5.91 Å². The number of nitrogens with zero attached hydrogens (tertiary/aromatic N) is 1. The zero-order valence-corrected chi connectivity index (χ0v) is 12.0.